The molecule has 0 saturated heterocycles. The van der Waals surface area contributed by atoms with Crippen molar-refractivity contribution in [2.45, 2.75) is 25.4 Å². The van der Waals surface area contributed by atoms with Crippen molar-refractivity contribution in [3.8, 4) is 0 Å². The van der Waals surface area contributed by atoms with Crippen molar-refractivity contribution in [2.24, 2.45) is 0 Å². The number of aliphatic hydroxyl groups excluding tert-OH is 1. The van der Waals surface area contributed by atoms with Gasteiger partial charge in [-0.1, -0.05) is 30.3 Å². The van der Waals surface area contributed by atoms with Crippen LogP contribution in [0.5, 0.6) is 0 Å². The third-order valence-corrected chi connectivity index (χ3v) is 4.50. The molecule has 0 radical (unpaired) electrons. The summed E-state index contributed by atoms with van der Waals surface area (Å²) in [7, 11) is 0. The van der Waals surface area contributed by atoms with E-state index in [0.29, 0.717) is 6.42 Å². The average molecular weight is 296 g/mol. The van der Waals surface area contributed by atoms with E-state index >= 15 is 0 Å². The maximum Gasteiger partial charge on any atom is 0.127 e. The van der Waals surface area contributed by atoms with E-state index in [2.05, 4.69) is 12.1 Å². The number of hydrogen-bond donors (Lipinski definition) is 1. The Bertz CT molecular complexity index is 764. The van der Waals surface area contributed by atoms with Gasteiger partial charge in [-0.3, -0.25) is 0 Å². The van der Waals surface area contributed by atoms with Crippen molar-refractivity contribution in [3.05, 3.63) is 76.1 Å². The van der Waals surface area contributed by atoms with E-state index in [0.717, 1.165) is 35.3 Å². The molecule has 1 heterocycles. The quantitative estimate of drug-likeness (QED) is 0.873. The maximum absolute atomic E-state index is 13.7. The molecule has 22 heavy (non-hydrogen) atoms. The predicted octanol–water partition coefficient (Wildman–Crippen LogP) is 3.46. The van der Waals surface area contributed by atoms with E-state index in [9.17, 15) is 9.50 Å². The van der Waals surface area contributed by atoms with E-state index in [1.54, 1.807) is 6.07 Å². The van der Waals surface area contributed by atoms with Gasteiger partial charge in [-0.15, -0.1) is 0 Å². The number of ether oxygens (including phenoxy) is 1. The summed E-state index contributed by atoms with van der Waals surface area (Å²) in [5.74, 6) is 0.513. The van der Waals surface area contributed by atoms with Crippen LogP contribution in [0.25, 0.3) is 5.76 Å². The van der Waals surface area contributed by atoms with Crippen LogP contribution in [0.4, 0.5) is 4.39 Å². The maximum atomic E-state index is 13.7. The normalized spacial score (nSPS) is 19.6. The van der Waals surface area contributed by atoms with Crippen molar-refractivity contribution < 1.29 is 14.2 Å². The molecule has 2 nitrogen and oxygen atoms in total. The summed E-state index contributed by atoms with van der Waals surface area (Å²) in [6, 6.07) is 13.3. The molecule has 0 bridgehead atoms. The summed E-state index contributed by atoms with van der Waals surface area (Å²) in [6.45, 7) is -0.0146. The van der Waals surface area contributed by atoms with E-state index in [4.69, 9.17) is 4.74 Å². The van der Waals surface area contributed by atoms with Crippen LogP contribution in [0.2, 0.25) is 0 Å². The lowest BCUT2D eigenvalue weighted by Crippen LogP contribution is -2.11. The number of hydrogen-bond acceptors (Lipinski definition) is 2. The molecular formula is C19H17FO2. The first kappa shape index (κ1) is 13.5. The molecule has 0 unspecified atom stereocenters. The third kappa shape index (κ3) is 2.22. The topological polar surface area (TPSA) is 29.5 Å². The fourth-order valence-electron chi connectivity index (χ4n) is 3.42. The summed E-state index contributed by atoms with van der Waals surface area (Å²) < 4.78 is 19.6. The zero-order valence-electron chi connectivity index (χ0n) is 12.2. The molecular weight excluding hydrogens is 279 g/mol. The first-order chi connectivity index (χ1) is 10.7. The summed E-state index contributed by atoms with van der Waals surface area (Å²) >= 11 is 0. The summed E-state index contributed by atoms with van der Waals surface area (Å²) in [5.41, 5.74) is 5.61. The van der Waals surface area contributed by atoms with Gasteiger partial charge in [0.15, 0.2) is 0 Å². The van der Waals surface area contributed by atoms with Crippen LogP contribution in [0, 0.1) is 5.82 Å². The van der Waals surface area contributed by atoms with Crippen molar-refractivity contribution in [1.29, 1.82) is 0 Å². The predicted molar refractivity (Wildman–Crippen MR) is 82.8 cm³/mol. The fourth-order valence-corrected chi connectivity index (χ4v) is 3.42. The molecule has 2 aromatic carbocycles. The van der Waals surface area contributed by atoms with Gasteiger partial charge < -0.3 is 9.84 Å². The molecule has 112 valence electrons. The van der Waals surface area contributed by atoms with Gasteiger partial charge in [0.2, 0.25) is 0 Å². The van der Waals surface area contributed by atoms with Crippen molar-refractivity contribution >= 4 is 5.76 Å². The first-order valence-corrected chi connectivity index (χ1v) is 7.59. The van der Waals surface area contributed by atoms with Crippen molar-refractivity contribution in [1.82, 2.24) is 0 Å². The molecule has 1 aliphatic heterocycles. The Labute approximate surface area is 128 Å². The van der Waals surface area contributed by atoms with Gasteiger partial charge in [-0.2, -0.15) is 0 Å². The highest BCUT2D eigenvalue weighted by Gasteiger charge is 2.29. The van der Waals surface area contributed by atoms with Gasteiger partial charge in [0.25, 0.3) is 0 Å². The van der Waals surface area contributed by atoms with E-state index in [-0.39, 0.29) is 18.5 Å². The van der Waals surface area contributed by atoms with Crippen LogP contribution in [0.1, 0.15) is 28.7 Å². The monoisotopic (exact) mass is 296 g/mol. The van der Waals surface area contributed by atoms with Gasteiger partial charge >= 0.3 is 0 Å². The third-order valence-electron chi connectivity index (χ3n) is 4.50. The molecule has 1 aliphatic carbocycles. The van der Waals surface area contributed by atoms with Crippen LogP contribution >= 0.6 is 0 Å². The number of benzene rings is 2. The van der Waals surface area contributed by atoms with Gasteiger partial charge in [0.05, 0.1) is 6.61 Å². The number of aliphatic hydroxyl groups is 1. The van der Waals surface area contributed by atoms with Crippen molar-refractivity contribution in [2.75, 3.05) is 6.61 Å². The highest BCUT2D eigenvalue weighted by molar-refractivity contribution is 5.70. The molecule has 0 saturated carbocycles. The molecule has 0 aromatic heterocycles. The Hall–Kier alpha value is -2.13. The second kappa shape index (κ2) is 5.25. The Morgan fingerprint density at radius 3 is 2.59 bits per heavy atom. The van der Waals surface area contributed by atoms with Crippen LogP contribution < -0.4 is 0 Å². The van der Waals surface area contributed by atoms with E-state index in [1.807, 2.05) is 18.2 Å². The molecule has 3 heteroatoms. The molecule has 2 aromatic rings. The number of halogens is 1. The largest absolute Gasteiger partial charge is 0.487 e. The van der Waals surface area contributed by atoms with Crippen LogP contribution in [-0.4, -0.2) is 17.8 Å². The number of fused-ring (bicyclic) bond motifs is 3. The second-order valence-corrected chi connectivity index (χ2v) is 5.98. The SMILES string of the molecule is OC[C@H]1CC2=C(O1)c1cc(F)ccc1Cc1ccccc1C2. The standard InChI is InChI=1S/C19H17FO2/c20-16-6-5-14-7-12-3-1-2-4-13(12)8-15-9-17(11-21)22-19(15)18(14)10-16/h1-6,10,17,21H,7-9,11H2/t17-/m1/s1. The lowest BCUT2D eigenvalue weighted by molar-refractivity contribution is 0.108. The second-order valence-electron chi connectivity index (χ2n) is 5.98. The molecule has 4 rings (SSSR count). The highest BCUT2D eigenvalue weighted by atomic mass is 19.1. The Morgan fingerprint density at radius 2 is 1.82 bits per heavy atom. The molecule has 2 aliphatic rings. The molecule has 0 fully saturated rings. The van der Waals surface area contributed by atoms with E-state index in [1.165, 1.54) is 17.2 Å². The van der Waals surface area contributed by atoms with Crippen LogP contribution in [-0.2, 0) is 17.6 Å². The Kier molecular flexibility index (Phi) is 3.23. The molecule has 0 amide bonds. The molecule has 0 spiro atoms. The van der Waals surface area contributed by atoms with Crippen molar-refractivity contribution in [3.63, 3.8) is 0 Å². The van der Waals surface area contributed by atoms with Gasteiger partial charge in [0, 0.05) is 12.0 Å². The summed E-state index contributed by atoms with van der Waals surface area (Å²) in [5, 5.41) is 9.43. The lowest BCUT2D eigenvalue weighted by Gasteiger charge is -2.18. The Balaban J connectivity index is 1.90. The minimum Gasteiger partial charge on any atom is -0.487 e. The summed E-state index contributed by atoms with van der Waals surface area (Å²) in [6.07, 6.45) is 2.07. The van der Waals surface area contributed by atoms with E-state index < -0.39 is 0 Å². The number of rotatable bonds is 1. The smallest absolute Gasteiger partial charge is 0.127 e. The Morgan fingerprint density at radius 1 is 1.05 bits per heavy atom. The van der Waals surface area contributed by atoms with Gasteiger partial charge in [-0.25, -0.2) is 4.39 Å². The van der Waals surface area contributed by atoms with Gasteiger partial charge in [-0.05, 0) is 47.2 Å². The average Bonchev–Trinajstić information content (AvgIpc) is 2.92. The first-order valence-electron chi connectivity index (χ1n) is 7.59. The highest BCUT2D eigenvalue weighted by Crippen LogP contribution is 2.39. The van der Waals surface area contributed by atoms with Gasteiger partial charge in [0.1, 0.15) is 17.7 Å². The molecule has 1 atom stereocenters. The fraction of sp³-hybridized carbons (Fsp3) is 0.263. The minimum atomic E-state index is -0.254. The lowest BCUT2D eigenvalue weighted by atomic mass is 9.87. The molecule has 1 N–H and O–H groups in total. The van der Waals surface area contributed by atoms with Crippen LogP contribution in [0.15, 0.2) is 48.0 Å². The zero-order chi connectivity index (χ0) is 15.1. The minimum absolute atomic E-state index is 0.0146. The zero-order valence-corrected chi connectivity index (χ0v) is 12.2. The van der Waals surface area contributed by atoms with Crippen LogP contribution in [0.3, 0.4) is 0 Å². The summed E-state index contributed by atoms with van der Waals surface area (Å²) in [4.78, 5) is 0.